The van der Waals surface area contributed by atoms with Crippen molar-refractivity contribution in [1.82, 2.24) is 5.32 Å². The van der Waals surface area contributed by atoms with E-state index in [1.807, 2.05) is 97.1 Å². The van der Waals surface area contributed by atoms with Gasteiger partial charge in [-0.25, -0.2) is 4.79 Å². The number of rotatable bonds is 13. The average molecular weight is 584 g/mol. The zero-order valence-electron chi connectivity index (χ0n) is 24.6. The predicted molar refractivity (Wildman–Crippen MR) is 169 cm³/mol. The van der Waals surface area contributed by atoms with Gasteiger partial charge in [0, 0.05) is 0 Å². The maximum Gasteiger partial charge on any atom is 0.407 e. The highest BCUT2D eigenvalue weighted by Crippen LogP contribution is 2.37. The molecule has 0 radical (unpaired) electrons. The summed E-state index contributed by atoms with van der Waals surface area (Å²) in [5.41, 5.74) is 1.85. The largest absolute Gasteiger partial charge is 0.445 e. The third-order valence-electron chi connectivity index (χ3n) is 7.35. The van der Waals surface area contributed by atoms with Gasteiger partial charge in [-0.05, 0) is 26.5 Å². The number of ether oxygens (including phenoxy) is 2. The molecule has 0 aliphatic carbocycles. The Hall–Kier alpha value is -3.75. The lowest BCUT2D eigenvalue weighted by atomic mass is 10.1. The summed E-state index contributed by atoms with van der Waals surface area (Å²) in [6, 6.07) is 39.2. The molecule has 0 aromatic heterocycles. The standard InChI is InChI=1S/C35H41NO5Si/c1-35(2,3)42(30-20-12-6-13-21-30,31-22-14-7-15-23-31)41-27-32(33(24-37)39-25-28-16-8-4-9-17-28)36-34(38)40-26-29-18-10-5-11-19-29/h4-23,32-33,37H,24-27H2,1-3H3,(H,36,38)/t32-,33-/m0/s1. The minimum absolute atomic E-state index is 0.119. The minimum Gasteiger partial charge on any atom is -0.445 e. The van der Waals surface area contributed by atoms with Crippen LogP contribution in [0.5, 0.6) is 0 Å². The van der Waals surface area contributed by atoms with Crippen molar-refractivity contribution >= 4 is 24.8 Å². The number of carbonyl (C=O) groups excluding carboxylic acids is 1. The molecule has 4 rings (SSSR count). The van der Waals surface area contributed by atoms with Crippen molar-refractivity contribution in [3.8, 4) is 0 Å². The highest BCUT2D eigenvalue weighted by molar-refractivity contribution is 6.99. The van der Waals surface area contributed by atoms with Crippen molar-refractivity contribution in [2.24, 2.45) is 0 Å². The van der Waals surface area contributed by atoms with Crippen LogP contribution in [0, 0.1) is 0 Å². The van der Waals surface area contributed by atoms with Crippen molar-refractivity contribution in [3.63, 3.8) is 0 Å². The first-order valence-corrected chi connectivity index (χ1v) is 16.2. The molecule has 2 N–H and O–H groups in total. The van der Waals surface area contributed by atoms with Gasteiger partial charge in [0.2, 0.25) is 0 Å². The molecule has 0 saturated carbocycles. The van der Waals surface area contributed by atoms with Gasteiger partial charge < -0.3 is 24.3 Å². The Bertz CT molecular complexity index is 1310. The van der Waals surface area contributed by atoms with Crippen LogP contribution in [0.15, 0.2) is 121 Å². The van der Waals surface area contributed by atoms with E-state index >= 15 is 0 Å². The van der Waals surface area contributed by atoms with Crippen molar-refractivity contribution in [2.75, 3.05) is 13.2 Å². The van der Waals surface area contributed by atoms with Gasteiger partial charge in [0.1, 0.15) is 12.7 Å². The number of nitrogens with one attached hydrogen (secondary N) is 1. The average Bonchev–Trinajstić information content (AvgIpc) is 3.02. The van der Waals surface area contributed by atoms with Gasteiger partial charge in [0.15, 0.2) is 0 Å². The van der Waals surface area contributed by atoms with E-state index in [0.717, 1.165) is 21.5 Å². The molecule has 7 heteroatoms. The quantitative estimate of drug-likeness (QED) is 0.205. The maximum absolute atomic E-state index is 13.1. The highest BCUT2D eigenvalue weighted by Gasteiger charge is 2.50. The lowest BCUT2D eigenvalue weighted by Gasteiger charge is -2.44. The van der Waals surface area contributed by atoms with Crippen LogP contribution in [0.3, 0.4) is 0 Å². The first-order valence-electron chi connectivity index (χ1n) is 14.3. The van der Waals surface area contributed by atoms with Crippen LogP contribution in [0.2, 0.25) is 5.04 Å². The normalized spacial score (nSPS) is 13.2. The van der Waals surface area contributed by atoms with Crippen LogP contribution in [-0.2, 0) is 27.1 Å². The Morgan fingerprint density at radius 1 is 0.738 bits per heavy atom. The van der Waals surface area contributed by atoms with E-state index in [9.17, 15) is 9.90 Å². The molecule has 42 heavy (non-hydrogen) atoms. The zero-order chi connectivity index (χ0) is 29.8. The van der Waals surface area contributed by atoms with Gasteiger partial charge in [-0.15, -0.1) is 0 Å². The smallest absolute Gasteiger partial charge is 0.407 e. The van der Waals surface area contributed by atoms with Crippen molar-refractivity contribution < 1.29 is 23.8 Å². The molecule has 4 aromatic carbocycles. The fourth-order valence-corrected chi connectivity index (χ4v) is 9.79. The second-order valence-electron chi connectivity index (χ2n) is 11.3. The molecule has 0 unspecified atom stereocenters. The molecule has 0 aliphatic rings. The van der Waals surface area contributed by atoms with Gasteiger partial charge >= 0.3 is 6.09 Å². The fourth-order valence-electron chi connectivity index (χ4n) is 5.21. The zero-order valence-corrected chi connectivity index (χ0v) is 25.6. The van der Waals surface area contributed by atoms with E-state index in [4.69, 9.17) is 13.9 Å². The van der Waals surface area contributed by atoms with E-state index in [2.05, 4.69) is 50.4 Å². The van der Waals surface area contributed by atoms with E-state index in [1.165, 1.54) is 0 Å². The molecule has 220 valence electrons. The number of alkyl carbamates (subject to hydrolysis) is 1. The van der Waals surface area contributed by atoms with Crippen LogP contribution in [-0.4, -0.2) is 44.9 Å². The predicted octanol–water partition coefficient (Wildman–Crippen LogP) is 5.44. The first kappa shape index (κ1) is 31.2. The topological polar surface area (TPSA) is 77.0 Å². The van der Waals surface area contributed by atoms with Crippen LogP contribution in [0.4, 0.5) is 4.79 Å². The molecule has 6 nitrogen and oxygen atoms in total. The van der Waals surface area contributed by atoms with Gasteiger partial charge in [-0.3, -0.25) is 0 Å². The second kappa shape index (κ2) is 14.9. The Labute approximate surface area is 250 Å². The Morgan fingerprint density at radius 2 is 1.19 bits per heavy atom. The number of hydrogen-bond donors (Lipinski definition) is 2. The molecular formula is C35H41NO5Si. The van der Waals surface area contributed by atoms with Crippen molar-refractivity contribution in [3.05, 3.63) is 132 Å². The second-order valence-corrected chi connectivity index (χ2v) is 15.6. The van der Waals surface area contributed by atoms with Gasteiger partial charge in [-0.1, -0.05) is 142 Å². The lowest BCUT2D eigenvalue weighted by Crippen LogP contribution is -2.68. The first-order chi connectivity index (χ1) is 20.3. The summed E-state index contributed by atoms with van der Waals surface area (Å²) in [6.07, 6.45) is -1.33. The highest BCUT2D eigenvalue weighted by atomic mass is 28.4. The summed E-state index contributed by atoms with van der Waals surface area (Å²) < 4.78 is 18.8. The minimum atomic E-state index is -2.91. The van der Waals surface area contributed by atoms with Crippen LogP contribution < -0.4 is 15.7 Å². The monoisotopic (exact) mass is 583 g/mol. The van der Waals surface area contributed by atoms with Gasteiger partial charge in [-0.2, -0.15) is 0 Å². The maximum atomic E-state index is 13.1. The molecule has 0 fully saturated rings. The third-order valence-corrected chi connectivity index (χ3v) is 12.4. The third kappa shape index (κ3) is 7.95. The molecule has 1 amide bonds. The molecular weight excluding hydrogens is 542 g/mol. The van der Waals surface area contributed by atoms with E-state index < -0.39 is 26.6 Å². The fraction of sp³-hybridized carbons (Fsp3) is 0.286. The number of carbonyl (C=O) groups is 1. The number of benzene rings is 4. The van der Waals surface area contributed by atoms with E-state index in [0.29, 0.717) is 0 Å². The van der Waals surface area contributed by atoms with E-state index in [-0.39, 0.29) is 31.5 Å². The SMILES string of the molecule is CC(C)(C)[Si](OC[C@H](NC(=O)OCc1ccccc1)[C@H](CO)OCc1ccccc1)(c1ccccc1)c1ccccc1. The summed E-state index contributed by atoms with van der Waals surface area (Å²) in [6.45, 7) is 6.82. The molecule has 0 bridgehead atoms. The molecule has 4 aromatic rings. The van der Waals surface area contributed by atoms with Crippen molar-refractivity contribution in [1.29, 1.82) is 0 Å². The van der Waals surface area contributed by atoms with Gasteiger partial charge in [0.05, 0.1) is 25.9 Å². The number of aliphatic hydroxyl groups is 1. The molecule has 0 heterocycles. The molecule has 2 atom stereocenters. The Balaban J connectivity index is 1.62. The van der Waals surface area contributed by atoms with E-state index in [1.54, 1.807) is 0 Å². The lowest BCUT2D eigenvalue weighted by molar-refractivity contribution is -0.0293. The molecule has 0 saturated heterocycles. The number of hydrogen-bond acceptors (Lipinski definition) is 5. The van der Waals surface area contributed by atoms with Crippen LogP contribution >= 0.6 is 0 Å². The van der Waals surface area contributed by atoms with Crippen molar-refractivity contribution in [2.45, 2.75) is 51.2 Å². The van der Waals surface area contributed by atoms with Gasteiger partial charge in [0.25, 0.3) is 8.32 Å². The van der Waals surface area contributed by atoms with Crippen LogP contribution in [0.1, 0.15) is 31.9 Å². The number of amides is 1. The Kier molecular flexibility index (Phi) is 11.1. The summed E-state index contributed by atoms with van der Waals surface area (Å²) in [5.74, 6) is 0. The summed E-state index contributed by atoms with van der Waals surface area (Å²) in [7, 11) is -2.91. The Morgan fingerprint density at radius 3 is 1.64 bits per heavy atom. The molecule has 0 aliphatic heterocycles. The number of aliphatic hydroxyl groups excluding tert-OH is 1. The summed E-state index contributed by atoms with van der Waals surface area (Å²) >= 11 is 0. The summed E-state index contributed by atoms with van der Waals surface area (Å²) in [5, 5.41) is 15.4. The molecule has 0 spiro atoms. The summed E-state index contributed by atoms with van der Waals surface area (Å²) in [4.78, 5) is 13.1. The van der Waals surface area contributed by atoms with Crippen LogP contribution in [0.25, 0.3) is 0 Å².